The van der Waals surface area contributed by atoms with Gasteiger partial charge in [0.1, 0.15) is 0 Å². The van der Waals surface area contributed by atoms with Gasteiger partial charge in [-0.15, -0.1) is 11.6 Å². The monoisotopic (exact) mass is 211 g/mol. The van der Waals surface area contributed by atoms with Crippen LogP contribution in [-0.4, -0.2) is 10.4 Å². The van der Waals surface area contributed by atoms with E-state index in [1.807, 2.05) is 24.5 Å². The van der Waals surface area contributed by atoms with Gasteiger partial charge < -0.3 is 0 Å². The van der Waals surface area contributed by atoms with Crippen LogP contribution in [0.4, 0.5) is 0 Å². The number of halogens is 1. The molecule has 0 aliphatic heterocycles. The van der Waals surface area contributed by atoms with Gasteiger partial charge in [0.25, 0.3) is 0 Å². The molecule has 0 fully saturated rings. The van der Waals surface area contributed by atoms with Crippen molar-refractivity contribution >= 4 is 11.6 Å². The first-order chi connectivity index (χ1) is 6.77. The molecule has 0 spiro atoms. The number of nitrogens with zero attached hydrogens (tertiary/aromatic N) is 1. The van der Waals surface area contributed by atoms with Crippen molar-refractivity contribution in [1.29, 1.82) is 0 Å². The summed E-state index contributed by atoms with van der Waals surface area (Å²) in [5, 5.41) is 0.257. The minimum Gasteiger partial charge on any atom is -0.265 e. The molecule has 0 aromatic carbocycles. The molecule has 0 amide bonds. The fourth-order valence-electron chi connectivity index (χ4n) is 1.71. The van der Waals surface area contributed by atoms with Crippen LogP contribution in [-0.2, 0) is 6.42 Å². The first kappa shape index (κ1) is 11.5. The average Bonchev–Trinajstić information content (AvgIpc) is 2.21. The average molecular weight is 212 g/mol. The van der Waals surface area contributed by atoms with Gasteiger partial charge in [-0.3, -0.25) is 4.98 Å². The normalized spacial score (nSPS) is 13.1. The smallest absolute Gasteiger partial charge is 0.0404 e. The lowest BCUT2D eigenvalue weighted by molar-refractivity contribution is 0.464. The molecule has 1 aromatic heterocycles. The third kappa shape index (κ3) is 3.30. The number of pyridine rings is 1. The van der Waals surface area contributed by atoms with Crippen LogP contribution < -0.4 is 0 Å². The zero-order valence-corrected chi connectivity index (χ0v) is 9.67. The third-order valence-corrected chi connectivity index (χ3v) is 3.25. The molecule has 1 rings (SSSR count). The Morgan fingerprint density at radius 2 is 1.79 bits per heavy atom. The SMILES string of the molecule is CCC(CC)C(Cl)Cc1ccncc1. The van der Waals surface area contributed by atoms with Crippen LogP contribution in [0.3, 0.4) is 0 Å². The van der Waals surface area contributed by atoms with Crippen LogP contribution in [0.5, 0.6) is 0 Å². The highest BCUT2D eigenvalue weighted by Gasteiger charge is 2.15. The molecule has 0 saturated heterocycles. The summed E-state index contributed by atoms with van der Waals surface area (Å²) in [6, 6.07) is 4.08. The van der Waals surface area contributed by atoms with Crippen molar-refractivity contribution in [1.82, 2.24) is 4.98 Å². The Kier molecular flexibility index (Phi) is 4.95. The van der Waals surface area contributed by atoms with E-state index in [2.05, 4.69) is 18.8 Å². The van der Waals surface area contributed by atoms with E-state index < -0.39 is 0 Å². The maximum absolute atomic E-state index is 6.36. The van der Waals surface area contributed by atoms with E-state index in [-0.39, 0.29) is 5.38 Å². The van der Waals surface area contributed by atoms with E-state index in [1.165, 1.54) is 5.56 Å². The van der Waals surface area contributed by atoms with Gasteiger partial charge in [0.15, 0.2) is 0 Å². The van der Waals surface area contributed by atoms with Crippen molar-refractivity contribution in [2.75, 3.05) is 0 Å². The van der Waals surface area contributed by atoms with Crippen molar-refractivity contribution in [3.8, 4) is 0 Å². The first-order valence-corrected chi connectivity index (χ1v) is 5.74. The molecule has 0 aliphatic carbocycles. The maximum Gasteiger partial charge on any atom is 0.0404 e. The number of alkyl halides is 1. The number of hydrogen-bond acceptors (Lipinski definition) is 1. The lowest BCUT2D eigenvalue weighted by Crippen LogP contribution is -2.16. The maximum atomic E-state index is 6.36. The summed E-state index contributed by atoms with van der Waals surface area (Å²) < 4.78 is 0. The van der Waals surface area contributed by atoms with Crippen LogP contribution in [0.25, 0.3) is 0 Å². The van der Waals surface area contributed by atoms with Crippen molar-refractivity contribution < 1.29 is 0 Å². The fraction of sp³-hybridized carbons (Fsp3) is 0.583. The van der Waals surface area contributed by atoms with Crippen molar-refractivity contribution in [3.63, 3.8) is 0 Å². The molecule has 1 unspecified atom stereocenters. The van der Waals surface area contributed by atoms with Gasteiger partial charge in [-0.05, 0) is 30.0 Å². The van der Waals surface area contributed by atoms with Crippen molar-refractivity contribution in [2.24, 2.45) is 5.92 Å². The third-order valence-electron chi connectivity index (χ3n) is 2.74. The van der Waals surface area contributed by atoms with Crippen LogP contribution in [0.2, 0.25) is 0 Å². The van der Waals surface area contributed by atoms with E-state index in [4.69, 9.17) is 11.6 Å². The molecule has 0 saturated carbocycles. The van der Waals surface area contributed by atoms with Gasteiger partial charge >= 0.3 is 0 Å². The zero-order chi connectivity index (χ0) is 10.4. The zero-order valence-electron chi connectivity index (χ0n) is 8.91. The standard InChI is InChI=1S/C12H18ClN/c1-3-11(4-2)12(13)9-10-5-7-14-8-6-10/h5-8,11-12H,3-4,9H2,1-2H3. The molecule has 0 N–H and O–H groups in total. The second-order valence-corrected chi connectivity index (χ2v) is 4.21. The molecule has 78 valence electrons. The molecule has 1 nitrogen and oxygen atoms in total. The Labute approximate surface area is 91.5 Å². The summed E-state index contributed by atoms with van der Waals surface area (Å²) in [5.74, 6) is 0.629. The summed E-state index contributed by atoms with van der Waals surface area (Å²) in [4.78, 5) is 3.99. The minimum atomic E-state index is 0.257. The molecular weight excluding hydrogens is 194 g/mol. The summed E-state index contributed by atoms with van der Waals surface area (Å²) in [7, 11) is 0. The Bertz CT molecular complexity index is 244. The van der Waals surface area contributed by atoms with Gasteiger partial charge in [0.05, 0.1) is 0 Å². The molecule has 1 heterocycles. The van der Waals surface area contributed by atoms with E-state index in [1.54, 1.807) is 0 Å². The Morgan fingerprint density at radius 1 is 1.21 bits per heavy atom. The fourth-order valence-corrected chi connectivity index (χ4v) is 2.25. The Morgan fingerprint density at radius 3 is 2.29 bits per heavy atom. The van der Waals surface area contributed by atoms with Crippen molar-refractivity contribution in [3.05, 3.63) is 30.1 Å². The largest absolute Gasteiger partial charge is 0.265 e. The predicted octanol–water partition coefficient (Wildman–Crippen LogP) is 3.67. The highest BCUT2D eigenvalue weighted by Crippen LogP contribution is 2.21. The summed E-state index contributed by atoms with van der Waals surface area (Å²) in [6.45, 7) is 4.41. The van der Waals surface area contributed by atoms with Gasteiger partial charge in [-0.1, -0.05) is 26.7 Å². The lowest BCUT2D eigenvalue weighted by Gasteiger charge is -2.18. The van der Waals surface area contributed by atoms with Gasteiger partial charge in [0.2, 0.25) is 0 Å². The van der Waals surface area contributed by atoms with Crippen LogP contribution >= 0.6 is 11.6 Å². The summed E-state index contributed by atoms with van der Waals surface area (Å²) >= 11 is 6.36. The van der Waals surface area contributed by atoms with Crippen molar-refractivity contribution in [2.45, 2.75) is 38.5 Å². The molecule has 2 heteroatoms. The van der Waals surface area contributed by atoms with Crippen LogP contribution in [0.1, 0.15) is 32.3 Å². The second-order valence-electron chi connectivity index (χ2n) is 3.65. The molecular formula is C12H18ClN. The highest BCUT2D eigenvalue weighted by atomic mass is 35.5. The van der Waals surface area contributed by atoms with Crippen LogP contribution in [0, 0.1) is 5.92 Å². The van der Waals surface area contributed by atoms with Gasteiger partial charge in [0, 0.05) is 17.8 Å². The Hall–Kier alpha value is -0.560. The minimum absolute atomic E-state index is 0.257. The van der Waals surface area contributed by atoms with E-state index in [0.29, 0.717) is 5.92 Å². The highest BCUT2D eigenvalue weighted by molar-refractivity contribution is 6.20. The summed E-state index contributed by atoms with van der Waals surface area (Å²) in [6.07, 6.45) is 6.93. The lowest BCUT2D eigenvalue weighted by atomic mass is 9.95. The molecule has 0 aliphatic rings. The molecule has 0 radical (unpaired) electrons. The molecule has 1 aromatic rings. The first-order valence-electron chi connectivity index (χ1n) is 5.30. The summed E-state index contributed by atoms with van der Waals surface area (Å²) in [5.41, 5.74) is 1.28. The molecule has 14 heavy (non-hydrogen) atoms. The predicted molar refractivity (Wildman–Crippen MR) is 61.7 cm³/mol. The molecule has 0 bridgehead atoms. The quantitative estimate of drug-likeness (QED) is 0.678. The van der Waals surface area contributed by atoms with E-state index in [0.717, 1.165) is 19.3 Å². The van der Waals surface area contributed by atoms with Gasteiger partial charge in [-0.25, -0.2) is 0 Å². The molecule has 1 atom stereocenters. The van der Waals surface area contributed by atoms with Gasteiger partial charge in [-0.2, -0.15) is 0 Å². The van der Waals surface area contributed by atoms with E-state index in [9.17, 15) is 0 Å². The Balaban J connectivity index is 2.52. The number of aromatic nitrogens is 1. The van der Waals surface area contributed by atoms with E-state index >= 15 is 0 Å². The second kappa shape index (κ2) is 6.02. The topological polar surface area (TPSA) is 12.9 Å². The number of hydrogen-bond donors (Lipinski definition) is 0. The van der Waals surface area contributed by atoms with Crippen LogP contribution in [0.15, 0.2) is 24.5 Å². The number of rotatable bonds is 5.